The van der Waals surface area contributed by atoms with Crippen LogP contribution < -0.4 is 9.30 Å². The summed E-state index contributed by atoms with van der Waals surface area (Å²) in [6.07, 6.45) is 5.54. The van der Waals surface area contributed by atoms with Gasteiger partial charge in [-0.1, -0.05) is 205 Å². The molecule has 15 rings (SSSR count). The van der Waals surface area contributed by atoms with Crippen molar-refractivity contribution in [3.8, 4) is 107 Å². The van der Waals surface area contributed by atoms with Gasteiger partial charge in [0.05, 0.1) is 34.5 Å². The molecule has 0 bridgehead atoms. The fourth-order valence-electron chi connectivity index (χ4n) is 12.0. The van der Waals surface area contributed by atoms with Crippen LogP contribution in [0.3, 0.4) is 0 Å². The van der Waals surface area contributed by atoms with Crippen molar-refractivity contribution in [2.24, 2.45) is 0 Å². The molecule has 11 aromatic carbocycles. The molecule has 0 aliphatic carbocycles. The fraction of sp³-hybridized carbons (Fsp3) is 0.122. The average Bonchev–Trinajstić information content (AvgIpc) is 1.65. The van der Waals surface area contributed by atoms with E-state index >= 15 is 0 Å². The Morgan fingerprint density at radius 3 is 1.74 bits per heavy atom. The number of hydrogen-bond acceptors (Lipinski definition) is 2. The van der Waals surface area contributed by atoms with Crippen LogP contribution in [0.5, 0.6) is 11.5 Å². The number of ether oxygens (including phenoxy) is 1. The predicted octanol–water partition coefficient (Wildman–Crippen LogP) is 20.8. The van der Waals surface area contributed by atoms with Crippen molar-refractivity contribution in [1.29, 1.82) is 0 Å². The molecule has 0 fully saturated rings. The minimum absolute atomic E-state index is 0. The van der Waals surface area contributed by atoms with Crippen LogP contribution in [0.1, 0.15) is 89.8 Å². The van der Waals surface area contributed by atoms with Crippen LogP contribution >= 0.6 is 0 Å². The van der Waals surface area contributed by atoms with E-state index in [1.54, 1.807) is 41.1 Å². The van der Waals surface area contributed by atoms with Crippen LogP contribution in [0.25, 0.3) is 128 Å². The van der Waals surface area contributed by atoms with Crippen LogP contribution in [-0.4, -0.2) is 14.1 Å². The quantitative estimate of drug-likeness (QED) is 0.112. The SMILES string of the molecule is [2H]c1c([2H])c([2H])c(-c2c([2H])c(-c3cc4c5c(c3)n(-c3[c-]c(Oc6[c-]c7c(cc6)c6ccccc6n7-c6cc(C(C)(C)C)ccn6)ccc3)[c-][n+]5-c3c(cc(-c5c(C([2H])([2H])[2H])cccc5C([2H])([2H])[2H])cc3C(C)(C)C)-c3ccccc3-c3ccccc3-4)c([2H])c(-c3c([2H])c([2H])c([2H])c([2H])c3[2H])c2[2H])c([2H])c1[2H].[Pt]. The third-order valence-corrected chi connectivity index (χ3v) is 16.1. The van der Waals surface area contributed by atoms with Crippen molar-refractivity contribution in [2.75, 3.05) is 0 Å². The fourth-order valence-corrected chi connectivity index (χ4v) is 12.0. The second-order valence-corrected chi connectivity index (χ2v) is 23.7. The van der Waals surface area contributed by atoms with Crippen molar-refractivity contribution in [3.05, 3.63) is 283 Å². The summed E-state index contributed by atoms with van der Waals surface area (Å²) in [6, 6.07) is 44.6. The third kappa shape index (κ3) is 9.79. The van der Waals surface area contributed by atoms with Crippen LogP contribution in [0.4, 0.5) is 0 Å². The topological polar surface area (TPSA) is 35.9 Å². The van der Waals surface area contributed by atoms with E-state index in [1.165, 1.54) is 18.2 Å². The van der Waals surface area contributed by atoms with Crippen molar-refractivity contribution >= 4 is 32.8 Å². The van der Waals surface area contributed by atoms with E-state index in [0.717, 1.165) is 21.9 Å². The molecule has 0 saturated heterocycles. The number of hydrogen-bond donors (Lipinski definition) is 0. The zero-order valence-electron chi connectivity index (χ0n) is 67.6. The smallest absolute Gasteiger partial charge is 0.268 e. The molecule has 0 amide bonds. The van der Waals surface area contributed by atoms with Crippen molar-refractivity contribution < 1.29 is 56.4 Å². The first-order valence-electron chi connectivity index (χ1n) is 38.0. The van der Waals surface area contributed by atoms with Gasteiger partial charge in [-0.05, 0) is 184 Å². The second kappa shape index (κ2) is 21.9. The van der Waals surface area contributed by atoms with E-state index in [0.29, 0.717) is 84.0 Å². The maximum Gasteiger partial charge on any atom is 0.268 e. The van der Waals surface area contributed by atoms with Crippen molar-refractivity contribution in [2.45, 2.75) is 66.1 Å². The number of aromatic nitrogens is 4. The molecular weight excluding hydrogens is 1250 g/mol. The minimum atomic E-state index is -2.78. The Morgan fingerprint density at radius 2 is 1.09 bits per heavy atom. The van der Waals surface area contributed by atoms with E-state index < -0.39 is 120 Å². The summed E-state index contributed by atoms with van der Waals surface area (Å²) in [5.41, 5.74) is 4.66. The first kappa shape index (κ1) is 38.5. The molecule has 0 N–H and O–H groups in total. The summed E-state index contributed by atoms with van der Waals surface area (Å²) < 4.78 is 186. The van der Waals surface area contributed by atoms with Gasteiger partial charge in [-0.15, -0.1) is 29.7 Å². The monoisotopic (exact) mass is 1330 g/mol. The summed E-state index contributed by atoms with van der Waals surface area (Å²) in [7, 11) is 0. The molecule has 0 atom stereocenters. The van der Waals surface area contributed by atoms with Crippen LogP contribution in [-0.2, 0) is 31.9 Å². The number of fused-ring (bicyclic) bond motifs is 10. The van der Waals surface area contributed by atoms with E-state index in [9.17, 15) is 9.60 Å². The Balaban J connectivity index is 0.00000960. The molecule has 5 nitrogen and oxygen atoms in total. The largest absolute Gasteiger partial charge is 0.510 e. The number of nitrogens with zero attached hydrogens (tertiary/aromatic N) is 4. The Labute approximate surface area is 556 Å². The standard InChI is InChI=1S/C82H64N4O.Pt/c1-52-23-21-24-53(2)78(52)60-45-71-67-33-17-15-31-65(67)66-32-16-18-34-68(66)72-44-59(58-42-56(54-25-11-9-12-26-54)41-57(43-58)55-27-13-10-14-28-55)47-76-80(72)85(79(71)73(46-60)82(6,7)8)51-84(76)62-29-22-30-63(49-62)87-64-37-38-70-69-35-19-20-36-74(69)86(75(70)50-64)77-48-61(39-40-83-77)81(3,4)5;/h9-48H,1-8H3;/q-2;/i1D3,2D3,9D,10D,11D,12D,13D,14D,25D,26D,27D,28D,41D,42D,43D;. The van der Waals surface area contributed by atoms with Gasteiger partial charge in [-0.2, -0.15) is 18.2 Å². The van der Waals surface area contributed by atoms with Gasteiger partial charge in [-0.25, -0.2) is 4.98 Å². The van der Waals surface area contributed by atoms with Crippen molar-refractivity contribution in [3.63, 3.8) is 0 Å². The van der Waals surface area contributed by atoms with E-state index in [1.807, 2.05) is 128 Å². The molecule has 6 heteroatoms. The summed E-state index contributed by atoms with van der Waals surface area (Å²) in [4.78, 5) is 4.87. The van der Waals surface area contributed by atoms with E-state index in [2.05, 4.69) is 49.9 Å². The van der Waals surface area contributed by atoms with Crippen molar-refractivity contribution in [1.82, 2.24) is 14.1 Å². The van der Waals surface area contributed by atoms with Crippen LogP contribution in [0.2, 0.25) is 0 Å². The van der Waals surface area contributed by atoms with Gasteiger partial charge in [0.2, 0.25) is 0 Å². The summed E-state index contributed by atoms with van der Waals surface area (Å²) in [5.74, 6) is 1.23. The molecule has 14 aromatic rings. The Hall–Kier alpha value is -9.67. The number of imidazole rings is 1. The minimum Gasteiger partial charge on any atom is -0.510 e. The molecular formula is C82H64N4OPt-2. The van der Waals surface area contributed by atoms with Gasteiger partial charge < -0.3 is 13.9 Å². The normalized spacial score (nSPS) is 15.4. The molecule has 1 aliphatic rings. The zero-order chi connectivity index (χ0) is 75.6. The predicted molar refractivity (Wildman–Crippen MR) is 358 cm³/mol. The number of benzene rings is 11. The van der Waals surface area contributed by atoms with Gasteiger partial charge in [-0.3, -0.25) is 4.57 Å². The first-order valence-corrected chi connectivity index (χ1v) is 28.5. The molecule has 0 radical (unpaired) electrons. The molecule has 0 spiro atoms. The summed E-state index contributed by atoms with van der Waals surface area (Å²) in [5, 5.41) is 1.87. The molecule has 3 aromatic heterocycles. The number of pyridine rings is 1. The third-order valence-electron chi connectivity index (χ3n) is 16.1. The van der Waals surface area contributed by atoms with E-state index in [4.69, 9.17) is 26.2 Å². The molecule has 0 saturated carbocycles. The molecule has 1 aliphatic heterocycles. The van der Waals surface area contributed by atoms with Gasteiger partial charge in [0.15, 0.2) is 0 Å². The second-order valence-electron chi connectivity index (χ2n) is 23.7. The van der Waals surface area contributed by atoms with Gasteiger partial charge in [0.1, 0.15) is 5.82 Å². The Kier molecular flexibility index (Phi) is 9.59. The molecule has 4 heterocycles. The number of aryl methyl sites for hydroxylation is 2. The molecule has 0 unspecified atom stereocenters. The van der Waals surface area contributed by atoms with Gasteiger partial charge in [0.25, 0.3) is 6.33 Å². The number of rotatable bonds is 8. The van der Waals surface area contributed by atoms with Gasteiger partial charge >= 0.3 is 0 Å². The summed E-state index contributed by atoms with van der Waals surface area (Å²) >= 11 is 0. The molecule has 430 valence electrons. The molecule has 88 heavy (non-hydrogen) atoms. The Bertz CT molecular complexity index is 5930. The summed E-state index contributed by atoms with van der Waals surface area (Å²) in [6.45, 7) is 6.83. The average molecular weight is 1340 g/mol. The van der Waals surface area contributed by atoms with Gasteiger partial charge in [0, 0.05) is 52.5 Å². The maximum absolute atomic E-state index is 10.4. The van der Waals surface area contributed by atoms with Crippen LogP contribution in [0.15, 0.2) is 242 Å². The zero-order valence-corrected chi connectivity index (χ0v) is 50.9. The van der Waals surface area contributed by atoms with E-state index in [-0.39, 0.29) is 60.0 Å². The van der Waals surface area contributed by atoms with Crippen LogP contribution in [0, 0.1) is 32.2 Å². The Morgan fingerprint density at radius 1 is 0.500 bits per heavy atom. The maximum atomic E-state index is 10.4. The first-order chi connectivity index (χ1) is 50.1. The number of para-hydroxylation sites is 1.